The molecule has 3 aromatic rings. The van der Waals surface area contributed by atoms with Crippen molar-refractivity contribution in [3.8, 4) is 11.3 Å². The van der Waals surface area contributed by atoms with Crippen molar-refractivity contribution in [2.24, 2.45) is 0 Å². The van der Waals surface area contributed by atoms with Gasteiger partial charge in [0.25, 0.3) is 0 Å². The van der Waals surface area contributed by atoms with E-state index in [0.717, 1.165) is 23.4 Å². The van der Waals surface area contributed by atoms with Crippen molar-refractivity contribution < 1.29 is 0 Å². The lowest BCUT2D eigenvalue weighted by Crippen LogP contribution is -2.09. The summed E-state index contributed by atoms with van der Waals surface area (Å²) in [5.41, 5.74) is 12.7. The molecule has 2 N–H and O–H groups in total. The van der Waals surface area contributed by atoms with Gasteiger partial charge in [-0.1, -0.05) is 31.2 Å². The number of hydrogen-bond donors (Lipinski definition) is 1. The van der Waals surface area contributed by atoms with E-state index in [1.807, 2.05) is 18.3 Å². The summed E-state index contributed by atoms with van der Waals surface area (Å²) in [6.07, 6.45) is 2.98. The van der Waals surface area contributed by atoms with Gasteiger partial charge in [0.2, 0.25) is 0 Å². The largest absolute Gasteiger partial charge is 0.398 e. The molecule has 0 aliphatic heterocycles. The standard InChI is InChI=1S/C16H15N3/c1-10-8-14-16(13-5-3-2-4-12(10)13)18-15-7-6-11(17)9-19(14)15/h2-7,9-10H,8,17H2,1H3. The van der Waals surface area contributed by atoms with Crippen LogP contribution in [-0.2, 0) is 6.42 Å². The number of hydrogen-bond acceptors (Lipinski definition) is 2. The van der Waals surface area contributed by atoms with Crippen LogP contribution in [0.1, 0.15) is 24.1 Å². The quantitative estimate of drug-likeness (QED) is 0.664. The fraction of sp³-hybridized carbons (Fsp3) is 0.188. The van der Waals surface area contributed by atoms with E-state index >= 15 is 0 Å². The summed E-state index contributed by atoms with van der Waals surface area (Å²) in [7, 11) is 0. The van der Waals surface area contributed by atoms with Crippen LogP contribution >= 0.6 is 0 Å². The van der Waals surface area contributed by atoms with E-state index in [9.17, 15) is 0 Å². The van der Waals surface area contributed by atoms with Crippen LogP contribution in [0.4, 0.5) is 5.69 Å². The summed E-state index contributed by atoms with van der Waals surface area (Å²) < 4.78 is 2.14. The zero-order valence-electron chi connectivity index (χ0n) is 10.8. The molecular formula is C16H15N3. The van der Waals surface area contributed by atoms with E-state index in [0.29, 0.717) is 5.92 Å². The third kappa shape index (κ3) is 1.41. The number of nitrogens with two attached hydrogens (primary N) is 1. The Labute approximate surface area is 111 Å². The minimum atomic E-state index is 0.519. The minimum absolute atomic E-state index is 0.519. The number of aromatic nitrogens is 2. The molecule has 1 aromatic carbocycles. The van der Waals surface area contributed by atoms with Gasteiger partial charge in [0.1, 0.15) is 5.65 Å². The summed E-state index contributed by atoms with van der Waals surface area (Å²) in [4.78, 5) is 4.78. The summed E-state index contributed by atoms with van der Waals surface area (Å²) in [5, 5.41) is 0. The molecule has 0 amide bonds. The summed E-state index contributed by atoms with van der Waals surface area (Å²) >= 11 is 0. The smallest absolute Gasteiger partial charge is 0.137 e. The zero-order valence-corrected chi connectivity index (χ0v) is 10.8. The molecule has 3 nitrogen and oxygen atoms in total. The summed E-state index contributed by atoms with van der Waals surface area (Å²) in [6, 6.07) is 12.5. The van der Waals surface area contributed by atoms with Crippen LogP contribution in [0.15, 0.2) is 42.6 Å². The maximum atomic E-state index is 5.90. The van der Waals surface area contributed by atoms with Crippen LogP contribution in [0, 0.1) is 0 Å². The monoisotopic (exact) mass is 249 g/mol. The van der Waals surface area contributed by atoms with E-state index in [1.165, 1.54) is 16.8 Å². The normalized spacial score (nSPS) is 17.2. The van der Waals surface area contributed by atoms with Gasteiger partial charge in [-0.3, -0.25) is 0 Å². The Morgan fingerprint density at radius 3 is 2.95 bits per heavy atom. The number of anilines is 1. The molecule has 1 atom stereocenters. The second-order valence-corrected chi connectivity index (χ2v) is 5.29. The molecule has 0 saturated carbocycles. The number of nitrogens with zero attached hydrogens (tertiary/aromatic N) is 2. The number of nitrogen functional groups attached to an aromatic ring is 1. The van der Waals surface area contributed by atoms with E-state index in [-0.39, 0.29) is 0 Å². The van der Waals surface area contributed by atoms with Gasteiger partial charge in [-0.2, -0.15) is 0 Å². The van der Waals surface area contributed by atoms with Crippen LogP contribution in [0.25, 0.3) is 16.9 Å². The molecule has 19 heavy (non-hydrogen) atoms. The number of fused-ring (bicyclic) bond motifs is 5. The average Bonchev–Trinajstić information content (AvgIpc) is 2.78. The molecule has 3 heteroatoms. The van der Waals surface area contributed by atoms with E-state index in [1.54, 1.807) is 0 Å². The first kappa shape index (κ1) is 10.6. The van der Waals surface area contributed by atoms with E-state index < -0.39 is 0 Å². The van der Waals surface area contributed by atoms with Gasteiger partial charge in [0, 0.05) is 17.4 Å². The van der Waals surface area contributed by atoms with Gasteiger partial charge in [0.05, 0.1) is 11.4 Å². The molecule has 0 spiro atoms. The molecule has 1 aliphatic carbocycles. The van der Waals surface area contributed by atoms with Crippen molar-refractivity contribution in [3.63, 3.8) is 0 Å². The van der Waals surface area contributed by atoms with Crippen molar-refractivity contribution in [1.29, 1.82) is 0 Å². The zero-order chi connectivity index (χ0) is 13.0. The van der Waals surface area contributed by atoms with E-state index in [4.69, 9.17) is 10.7 Å². The number of pyridine rings is 1. The maximum Gasteiger partial charge on any atom is 0.137 e. The van der Waals surface area contributed by atoms with Gasteiger partial charge in [-0.25, -0.2) is 4.98 Å². The minimum Gasteiger partial charge on any atom is -0.398 e. The highest BCUT2D eigenvalue weighted by Gasteiger charge is 2.25. The lowest BCUT2D eigenvalue weighted by atomic mass is 9.84. The van der Waals surface area contributed by atoms with Gasteiger partial charge < -0.3 is 10.1 Å². The number of rotatable bonds is 0. The van der Waals surface area contributed by atoms with Crippen molar-refractivity contribution >= 4 is 11.3 Å². The molecule has 2 aromatic heterocycles. The lowest BCUT2D eigenvalue weighted by Gasteiger charge is -2.22. The van der Waals surface area contributed by atoms with Crippen LogP contribution in [0.3, 0.4) is 0 Å². The summed E-state index contributed by atoms with van der Waals surface area (Å²) in [5.74, 6) is 0.519. The Hall–Kier alpha value is -2.29. The van der Waals surface area contributed by atoms with Crippen molar-refractivity contribution in [3.05, 3.63) is 53.9 Å². The van der Waals surface area contributed by atoms with Gasteiger partial charge in [-0.05, 0) is 30.0 Å². The fourth-order valence-electron chi connectivity index (χ4n) is 3.06. The highest BCUT2D eigenvalue weighted by atomic mass is 15.0. The molecule has 1 unspecified atom stereocenters. The third-order valence-electron chi connectivity index (χ3n) is 3.99. The second kappa shape index (κ2) is 3.60. The third-order valence-corrected chi connectivity index (χ3v) is 3.99. The first-order chi connectivity index (χ1) is 9.24. The maximum absolute atomic E-state index is 5.90. The van der Waals surface area contributed by atoms with Gasteiger partial charge in [0.15, 0.2) is 0 Å². The Morgan fingerprint density at radius 2 is 2.05 bits per heavy atom. The first-order valence-electron chi connectivity index (χ1n) is 6.60. The van der Waals surface area contributed by atoms with Crippen molar-refractivity contribution in [2.75, 3.05) is 5.73 Å². The molecule has 1 aliphatic rings. The van der Waals surface area contributed by atoms with Crippen LogP contribution in [-0.4, -0.2) is 9.38 Å². The van der Waals surface area contributed by atoms with Gasteiger partial charge >= 0.3 is 0 Å². The highest BCUT2D eigenvalue weighted by Crippen LogP contribution is 2.39. The lowest BCUT2D eigenvalue weighted by molar-refractivity contribution is 0.724. The van der Waals surface area contributed by atoms with E-state index in [2.05, 4.69) is 35.6 Å². The fourth-order valence-corrected chi connectivity index (χ4v) is 3.06. The van der Waals surface area contributed by atoms with Crippen LogP contribution in [0.2, 0.25) is 0 Å². The topological polar surface area (TPSA) is 43.3 Å². The Morgan fingerprint density at radius 1 is 1.21 bits per heavy atom. The molecule has 4 rings (SSSR count). The summed E-state index contributed by atoms with van der Waals surface area (Å²) in [6.45, 7) is 2.27. The Kier molecular flexibility index (Phi) is 2.01. The predicted molar refractivity (Wildman–Crippen MR) is 77.2 cm³/mol. The molecule has 94 valence electrons. The molecule has 0 saturated heterocycles. The van der Waals surface area contributed by atoms with Crippen LogP contribution < -0.4 is 5.73 Å². The SMILES string of the molecule is CC1Cc2c(nc3ccc(N)cn23)-c2ccccc21. The molecule has 2 heterocycles. The van der Waals surface area contributed by atoms with Crippen molar-refractivity contribution in [1.82, 2.24) is 9.38 Å². The predicted octanol–water partition coefficient (Wildman–Crippen LogP) is 3.24. The second-order valence-electron chi connectivity index (χ2n) is 5.29. The first-order valence-corrected chi connectivity index (χ1v) is 6.60. The number of benzene rings is 1. The Bertz CT molecular complexity index is 786. The molecular weight excluding hydrogens is 234 g/mol. The Balaban J connectivity index is 2.09. The molecule has 0 radical (unpaired) electrons. The van der Waals surface area contributed by atoms with Gasteiger partial charge in [-0.15, -0.1) is 0 Å². The number of imidazole rings is 1. The van der Waals surface area contributed by atoms with Crippen LogP contribution in [0.5, 0.6) is 0 Å². The highest BCUT2D eigenvalue weighted by molar-refractivity contribution is 5.73. The molecule has 0 bridgehead atoms. The average molecular weight is 249 g/mol. The molecule has 0 fully saturated rings. The van der Waals surface area contributed by atoms with Crippen molar-refractivity contribution in [2.45, 2.75) is 19.3 Å².